The van der Waals surface area contributed by atoms with E-state index in [1.165, 1.54) is 5.69 Å². The number of para-hydroxylation sites is 1. The summed E-state index contributed by atoms with van der Waals surface area (Å²) in [5.74, 6) is 0. The molecule has 0 saturated carbocycles. The molecule has 0 bridgehead atoms. The highest BCUT2D eigenvalue weighted by molar-refractivity contribution is 6.33. The standard InChI is InChI=1S/C16H24ClN3O/c17-15-3-1-2-4-16(15)20-10-8-19(9-11-20)7-5-14-13-18-6-12-21-14/h1-4,14,18H,5-13H2. The summed E-state index contributed by atoms with van der Waals surface area (Å²) in [6, 6.07) is 8.12. The van der Waals surface area contributed by atoms with Crippen molar-refractivity contribution in [3.63, 3.8) is 0 Å². The zero-order chi connectivity index (χ0) is 14.5. The van der Waals surface area contributed by atoms with Crippen LogP contribution in [0.4, 0.5) is 5.69 Å². The van der Waals surface area contributed by atoms with E-state index in [1.807, 2.05) is 12.1 Å². The number of morpholine rings is 1. The van der Waals surface area contributed by atoms with E-state index in [0.717, 1.165) is 63.9 Å². The Bertz CT molecular complexity index is 443. The molecule has 0 aliphatic carbocycles. The number of piperazine rings is 1. The Labute approximate surface area is 132 Å². The Kier molecular flexibility index (Phi) is 5.36. The van der Waals surface area contributed by atoms with E-state index >= 15 is 0 Å². The van der Waals surface area contributed by atoms with E-state index < -0.39 is 0 Å². The van der Waals surface area contributed by atoms with E-state index in [4.69, 9.17) is 16.3 Å². The van der Waals surface area contributed by atoms with Gasteiger partial charge in [-0.15, -0.1) is 0 Å². The van der Waals surface area contributed by atoms with Gasteiger partial charge in [-0.3, -0.25) is 4.90 Å². The molecule has 1 unspecified atom stereocenters. The summed E-state index contributed by atoms with van der Waals surface area (Å²) >= 11 is 6.28. The number of benzene rings is 1. The Hall–Kier alpha value is -0.810. The predicted octanol–water partition coefficient (Wildman–Crippen LogP) is 1.84. The Balaban J connectivity index is 1.43. The molecule has 116 valence electrons. The predicted molar refractivity (Wildman–Crippen MR) is 87.3 cm³/mol. The third-order valence-corrected chi connectivity index (χ3v) is 4.66. The maximum Gasteiger partial charge on any atom is 0.0712 e. The first-order valence-electron chi connectivity index (χ1n) is 7.87. The van der Waals surface area contributed by atoms with Crippen LogP contribution in [0.15, 0.2) is 24.3 Å². The van der Waals surface area contributed by atoms with E-state index in [9.17, 15) is 0 Å². The molecule has 2 aliphatic rings. The number of hydrogen-bond donors (Lipinski definition) is 1. The molecule has 0 spiro atoms. The van der Waals surface area contributed by atoms with Crippen molar-refractivity contribution >= 4 is 17.3 Å². The quantitative estimate of drug-likeness (QED) is 0.918. The number of halogens is 1. The lowest BCUT2D eigenvalue weighted by Crippen LogP contribution is -2.48. The molecule has 2 aliphatic heterocycles. The Morgan fingerprint density at radius 3 is 2.71 bits per heavy atom. The van der Waals surface area contributed by atoms with Crippen LogP contribution in [0.5, 0.6) is 0 Å². The van der Waals surface area contributed by atoms with Gasteiger partial charge < -0.3 is 15.0 Å². The fourth-order valence-corrected chi connectivity index (χ4v) is 3.31. The van der Waals surface area contributed by atoms with Crippen LogP contribution >= 0.6 is 11.6 Å². The molecule has 2 saturated heterocycles. The fourth-order valence-electron chi connectivity index (χ4n) is 3.05. The SMILES string of the molecule is Clc1ccccc1N1CCN(CCC2CNCCO2)CC1. The maximum atomic E-state index is 6.28. The zero-order valence-corrected chi connectivity index (χ0v) is 13.2. The highest BCUT2D eigenvalue weighted by Gasteiger charge is 2.20. The fraction of sp³-hybridized carbons (Fsp3) is 0.625. The lowest BCUT2D eigenvalue weighted by atomic mass is 10.2. The third kappa shape index (κ3) is 4.10. The van der Waals surface area contributed by atoms with Crippen molar-refractivity contribution in [2.24, 2.45) is 0 Å². The summed E-state index contributed by atoms with van der Waals surface area (Å²) in [7, 11) is 0. The molecule has 1 atom stereocenters. The van der Waals surface area contributed by atoms with Crippen LogP contribution in [-0.4, -0.2) is 63.4 Å². The molecule has 2 heterocycles. The molecule has 1 aromatic rings. The molecule has 1 aromatic carbocycles. The molecule has 1 N–H and O–H groups in total. The van der Waals surface area contributed by atoms with Crippen LogP contribution in [0.3, 0.4) is 0 Å². The first-order chi connectivity index (χ1) is 10.3. The third-order valence-electron chi connectivity index (χ3n) is 4.34. The van der Waals surface area contributed by atoms with Crippen molar-refractivity contribution in [3.05, 3.63) is 29.3 Å². The van der Waals surface area contributed by atoms with Crippen molar-refractivity contribution in [2.45, 2.75) is 12.5 Å². The second kappa shape index (κ2) is 7.45. The number of nitrogens with one attached hydrogen (secondary N) is 1. The van der Waals surface area contributed by atoms with Crippen molar-refractivity contribution in [1.82, 2.24) is 10.2 Å². The minimum Gasteiger partial charge on any atom is -0.376 e. The Morgan fingerprint density at radius 2 is 2.00 bits per heavy atom. The van der Waals surface area contributed by atoms with Crippen LogP contribution < -0.4 is 10.2 Å². The topological polar surface area (TPSA) is 27.7 Å². The van der Waals surface area contributed by atoms with Gasteiger partial charge in [0, 0.05) is 45.8 Å². The van der Waals surface area contributed by atoms with E-state index in [-0.39, 0.29) is 0 Å². The van der Waals surface area contributed by atoms with Gasteiger partial charge in [-0.2, -0.15) is 0 Å². The summed E-state index contributed by atoms with van der Waals surface area (Å²) in [6.07, 6.45) is 1.51. The molecule has 0 amide bonds. The summed E-state index contributed by atoms with van der Waals surface area (Å²) in [4.78, 5) is 4.92. The van der Waals surface area contributed by atoms with Gasteiger partial charge in [-0.05, 0) is 18.6 Å². The second-order valence-corrected chi connectivity index (χ2v) is 6.17. The molecule has 0 radical (unpaired) electrons. The summed E-state index contributed by atoms with van der Waals surface area (Å²) in [5.41, 5.74) is 1.17. The van der Waals surface area contributed by atoms with Crippen LogP contribution in [0, 0.1) is 0 Å². The molecular formula is C16H24ClN3O. The first kappa shape index (κ1) is 15.1. The molecule has 2 fully saturated rings. The minimum absolute atomic E-state index is 0.389. The smallest absolute Gasteiger partial charge is 0.0712 e. The number of rotatable bonds is 4. The van der Waals surface area contributed by atoms with Gasteiger partial charge in [-0.25, -0.2) is 0 Å². The van der Waals surface area contributed by atoms with E-state index in [1.54, 1.807) is 0 Å². The summed E-state index contributed by atoms with van der Waals surface area (Å²) in [6.45, 7) is 8.28. The number of hydrogen-bond acceptors (Lipinski definition) is 4. The van der Waals surface area contributed by atoms with Gasteiger partial charge in [0.05, 0.1) is 23.4 Å². The molecule has 4 nitrogen and oxygen atoms in total. The molecular weight excluding hydrogens is 286 g/mol. The van der Waals surface area contributed by atoms with Crippen LogP contribution in [0.1, 0.15) is 6.42 Å². The second-order valence-electron chi connectivity index (χ2n) is 5.77. The summed E-state index contributed by atoms with van der Waals surface area (Å²) < 4.78 is 5.76. The number of ether oxygens (including phenoxy) is 1. The van der Waals surface area contributed by atoms with Crippen molar-refractivity contribution in [3.8, 4) is 0 Å². The molecule has 0 aromatic heterocycles. The maximum absolute atomic E-state index is 6.28. The van der Waals surface area contributed by atoms with Crippen molar-refractivity contribution in [1.29, 1.82) is 0 Å². The number of nitrogens with zero attached hydrogens (tertiary/aromatic N) is 2. The van der Waals surface area contributed by atoms with Gasteiger partial charge in [0.25, 0.3) is 0 Å². The molecule has 3 rings (SSSR count). The zero-order valence-electron chi connectivity index (χ0n) is 12.4. The van der Waals surface area contributed by atoms with Crippen LogP contribution in [0.2, 0.25) is 5.02 Å². The van der Waals surface area contributed by atoms with Crippen LogP contribution in [-0.2, 0) is 4.74 Å². The average Bonchev–Trinajstić information content (AvgIpc) is 2.55. The van der Waals surface area contributed by atoms with Gasteiger partial charge in [0.2, 0.25) is 0 Å². The molecule has 21 heavy (non-hydrogen) atoms. The highest BCUT2D eigenvalue weighted by atomic mass is 35.5. The lowest BCUT2D eigenvalue weighted by molar-refractivity contribution is 0.0171. The van der Waals surface area contributed by atoms with Gasteiger partial charge in [0.1, 0.15) is 0 Å². The van der Waals surface area contributed by atoms with Gasteiger partial charge in [0.15, 0.2) is 0 Å². The minimum atomic E-state index is 0.389. The Morgan fingerprint density at radius 1 is 1.19 bits per heavy atom. The average molecular weight is 310 g/mol. The lowest BCUT2D eigenvalue weighted by Gasteiger charge is -2.37. The van der Waals surface area contributed by atoms with Gasteiger partial charge >= 0.3 is 0 Å². The van der Waals surface area contributed by atoms with Crippen molar-refractivity contribution < 1.29 is 4.74 Å². The monoisotopic (exact) mass is 309 g/mol. The normalized spacial score (nSPS) is 24.2. The van der Waals surface area contributed by atoms with E-state index in [0.29, 0.717) is 6.10 Å². The van der Waals surface area contributed by atoms with E-state index in [2.05, 4.69) is 27.2 Å². The largest absolute Gasteiger partial charge is 0.376 e. The van der Waals surface area contributed by atoms with Crippen molar-refractivity contribution in [2.75, 3.05) is 57.3 Å². The summed E-state index contributed by atoms with van der Waals surface area (Å²) in [5, 5.41) is 4.25. The van der Waals surface area contributed by atoms with Gasteiger partial charge in [-0.1, -0.05) is 23.7 Å². The first-order valence-corrected chi connectivity index (χ1v) is 8.25. The number of anilines is 1. The van der Waals surface area contributed by atoms with Crippen LogP contribution in [0.25, 0.3) is 0 Å². The molecule has 5 heteroatoms. The highest BCUT2D eigenvalue weighted by Crippen LogP contribution is 2.26.